The average Bonchev–Trinajstić information content (AvgIpc) is 2.39. The maximum Gasteiger partial charge on any atom is 0.304 e. The molecule has 5 heteroatoms. The fraction of sp³-hybridized carbons (Fsp3) is 0.500. The number of nitrogens with zero attached hydrogens (tertiary/aromatic N) is 1. The molecule has 0 aromatic heterocycles. The number of carbonyl (C=O) groups is 1. The number of carboxylic acid groups (broad SMARTS) is 1. The standard InChI is InChI=1S/C14H20N2O2S/c15-12(10-14(17)18)9-11-1-3-13(4-2-11)16-5-7-19-8-6-16/h1-4,12H,5-10,15H2,(H,17,18)/t12-/m0/s1. The second kappa shape index (κ2) is 6.82. The van der Waals surface area contributed by atoms with Gasteiger partial charge in [-0.15, -0.1) is 0 Å². The van der Waals surface area contributed by atoms with E-state index in [4.69, 9.17) is 10.8 Å². The largest absolute Gasteiger partial charge is 0.481 e. The van der Waals surface area contributed by atoms with Gasteiger partial charge in [-0.25, -0.2) is 0 Å². The minimum Gasteiger partial charge on any atom is -0.481 e. The summed E-state index contributed by atoms with van der Waals surface area (Å²) in [6, 6.07) is 8.02. The van der Waals surface area contributed by atoms with Gasteiger partial charge in [-0.05, 0) is 24.1 Å². The van der Waals surface area contributed by atoms with Crippen molar-refractivity contribution >= 4 is 23.4 Å². The topological polar surface area (TPSA) is 66.6 Å². The molecule has 1 aliphatic rings. The lowest BCUT2D eigenvalue weighted by molar-refractivity contribution is -0.137. The average molecular weight is 280 g/mol. The highest BCUT2D eigenvalue weighted by Crippen LogP contribution is 2.20. The lowest BCUT2D eigenvalue weighted by Gasteiger charge is -2.28. The predicted molar refractivity (Wildman–Crippen MR) is 79.9 cm³/mol. The van der Waals surface area contributed by atoms with Crippen LogP contribution in [0.4, 0.5) is 5.69 Å². The van der Waals surface area contributed by atoms with E-state index in [1.807, 2.05) is 11.8 Å². The van der Waals surface area contributed by atoms with Gasteiger partial charge in [0.15, 0.2) is 0 Å². The molecule has 0 radical (unpaired) electrons. The van der Waals surface area contributed by atoms with Gasteiger partial charge in [-0.1, -0.05) is 12.1 Å². The highest BCUT2D eigenvalue weighted by atomic mass is 32.2. The van der Waals surface area contributed by atoms with Crippen LogP contribution in [0.15, 0.2) is 24.3 Å². The van der Waals surface area contributed by atoms with Gasteiger partial charge < -0.3 is 15.7 Å². The molecule has 1 aromatic carbocycles. The monoisotopic (exact) mass is 280 g/mol. The molecular formula is C14H20N2O2S. The molecule has 19 heavy (non-hydrogen) atoms. The van der Waals surface area contributed by atoms with Crippen molar-refractivity contribution in [3.8, 4) is 0 Å². The molecule has 1 fully saturated rings. The quantitative estimate of drug-likeness (QED) is 0.857. The summed E-state index contributed by atoms with van der Waals surface area (Å²) in [5.74, 6) is 1.53. The number of hydrogen-bond donors (Lipinski definition) is 2. The van der Waals surface area contributed by atoms with E-state index in [-0.39, 0.29) is 12.5 Å². The zero-order valence-electron chi connectivity index (χ0n) is 10.9. The van der Waals surface area contributed by atoms with Gasteiger partial charge in [0.05, 0.1) is 6.42 Å². The lowest BCUT2D eigenvalue weighted by atomic mass is 10.0. The van der Waals surface area contributed by atoms with Crippen LogP contribution < -0.4 is 10.6 Å². The van der Waals surface area contributed by atoms with Crippen LogP contribution in [0.3, 0.4) is 0 Å². The molecular weight excluding hydrogens is 260 g/mol. The van der Waals surface area contributed by atoms with Gasteiger partial charge in [-0.3, -0.25) is 4.79 Å². The highest BCUT2D eigenvalue weighted by molar-refractivity contribution is 7.99. The first-order valence-electron chi connectivity index (χ1n) is 6.54. The number of aliphatic carboxylic acids is 1. The summed E-state index contributed by atoms with van der Waals surface area (Å²) in [4.78, 5) is 13.0. The SMILES string of the molecule is N[C@H](CC(=O)O)Cc1ccc(N2CCSCC2)cc1. The Morgan fingerprint density at radius 3 is 2.53 bits per heavy atom. The molecule has 2 rings (SSSR count). The Balaban J connectivity index is 1.92. The maximum atomic E-state index is 10.6. The van der Waals surface area contributed by atoms with Gasteiger partial charge in [-0.2, -0.15) is 11.8 Å². The van der Waals surface area contributed by atoms with Gasteiger partial charge in [0.25, 0.3) is 0 Å². The summed E-state index contributed by atoms with van der Waals surface area (Å²) >= 11 is 2.00. The molecule has 0 spiro atoms. The van der Waals surface area contributed by atoms with Gasteiger partial charge >= 0.3 is 5.97 Å². The first kappa shape index (κ1) is 14.2. The molecule has 104 valence electrons. The van der Waals surface area contributed by atoms with Crippen LogP contribution in [-0.2, 0) is 11.2 Å². The van der Waals surface area contributed by atoms with Crippen molar-refractivity contribution in [3.63, 3.8) is 0 Å². The van der Waals surface area contributed by atoms with Crippen LogP contribution in [-0.4, -0.2) is 41.7 Å². The van der Waals surface area contributed by atoms with E-state index in [1.54, 1.807) is 0 Å². The third kappa shape index (κ3) is 4.44. The second-order valence-corrected chi connectivity index (χ2v) is 6.05. The van der Waals surface area contributed by atoms with Crippen molar-refractivity contribution in [2.75, 3.05) is 29.5 Å². The van der Waals surface area contributed by atoms with E-state index in [0.717, 1.165) is 18.7 Å². The fourth-order valence-corrected chi connectivity index (χ4v) is 3.17. The molecule has 0 amide bonds. The van der Waals surface area contributed by atoms with Crippen molar-refractivity contribution in [3.05, 3.63) is 29.8 Å². The van der Waals surface area contributed by atoms with E-state index in [1.165, 1.54) is 17.2 Å². The molecule has 1 saturated heterocycles. The Morgan fingerprint density at radius 2 is 1.95 bits per heavy atom. The number of carboxylic acids is 1. The molecule has 4 nitrogen and oxygen atoms in total. The summed E-state index contributed by atoms with van der Waals surface area (Å²) in [5, 5.41) is 8.69. The fourth-order valence-electron chi connectivity index (χ4n) is 2.26. The number of rotatable bonds is 5. The summed E-state index contributed by atoms with van der Waals surface area (Å²) in [5.41, 5.74) is 8.14. The van der Waals surface area contributed by atoms with E-state index in [9.17, 15) is 4.79 Å². The number of hydrogen-bond acceptors (Lipinski definition) is 4. The summed E-state index contributed by atoms with van der Waals surface area (Å²) in [6.07, 6.45) is 0.632. The van der Waals surface area contributed by atoms with Gasteiger partial charge in [0.1, 0.15) is 0 Å². The van der Waals surface area contributed by atoms with Gasteiger partial charge in [0.2, 0.25) is 0 Å². The number of benzene rings is 1. The second-order valence-electron chi connectivity index (χ2n) is 4.83. The van der Waals surface area contributed by atoms with Crippen molar-refractivity contribution in [1.29, 1.82) is 0 Å². The Kier molecular flexibility index (Phi) is 5.10. The first-order valence-corrected chi connectivity index (χ1v) is 7.69. The molecule has 1 atom stereocenters. The molecule has 0 bridgehead atoms. The number of nitrogens with two attached hydrogens (primary N) is 1. The minimum atomic E-state index is -0.838. The summed E-state index contributed by atoms with van der Waals surface area (Å²) in [7, 11) is 0. The molecule has 0 aliphatic carbocycles. The van der Waals surface area contributed by atoms with E-state index in [2.05, 4.69) is 29.2 Å². The lowest BCUT2D eigenvalue weighted by Crippen LogP contribution is -2.32. The Bertz CT molecular complexity index is 416. The summed E-state index contributed by atoms with van der Waals surface area (Å²) < 4.78 is 0. The molecule has 0 unspecified atom stereocenters. The molecule has 3 N–H and O–H groups in total. The Morgan fingerprint density at radius 1 is 1.32 bits per heavy atom. The molecule has 0 saturated carbocycles. The zero-order valence-corrected chi connectivity index (χ0v) is 11.7. The van der Waals surface area contributed by atoms with Crippen LogP contribution >= 0.6 is 11.8 Å². The first-order chi connectivity index (χ1) is 9.15. The molecule has 1 heterocycles. The number of anilines is 1. The third-order valence-electron chi connectivity index (χ3n) is 3.25. The van der Waals surface area contributed by atoms with Crippen LogP contribution in [0.25, 0.3) is 0 Å². The van der Waals surface area contributed by atoms with Crippen LogP contribution in [0.1, 0.15) is 12.0 Å². The maximum absolute atomic E-state index is 10.6. The zero-order chi connectivity index (χ0) is 13.7. The van der Waals surface area contributed by atoms with Crippen LogP contribution in [0, 0.1) is 0 Å². The molecule has 1 aromatic rings. The van der Waals surface area contributed by atoms with Crippen molar-refractivity contribution in [2.24, 2.45) is 5.73 Å². The van der Waals surface area contributed by atoms with Crippen molar-refractivity contribution in [1.82, 2.24) is 0 Å². The van der Waals surface area contributed by atoms with Crippen LogP contribution in [0.2, 0.25) is 0 Å². The molecule has 1 aliphatic heterocycles. The van der Waals surface area contributed by atoms with E-state index in [0.29, 0.717) is 6.42 Å². The Hall–Kier alpha value is -1.20. The van der Waals surface area contributed by atoms with E-state index >= 15 is 0 Å². The van der Waals surface area contributed by atoms with Crippen molar-refractivity contribution < 1.29 is 9.90 Å². The van der Waals surface area contributed by atoms with Gasteiger partial charge in [0, 0.05) is 36.3 Å². The number of thioether (sulfide) groups is 1. The van der Waals surface area contributed by atoms with Crippen molar-refractivity contribution in [2.45, 2.75) is 18.9 Å². The predicted octanol–water partition coefficient (Wildman–Crippen LogP) is 1.58. The van der Waals surface area contributed by atoms with Crippen LogP contribution in [0.5, 0.6) is 0 Å². The summed E-state index contributed by atoms with van der Waals surface area (Å²) in [6.45, 7) is 2.20. The minimum absolute atomic E-state index is 0.0189. The third-order valence-corrected chi connectivity index (χ3v) is 4.19. The van der Waals surface area contributed by atoms with E-state index < -0.39 is 5.97 Å². The highest BCUT2D eigenvalue weighted by Gasteiger charge is 2.12. The Labute approximate surface area is 118 Å². The smallest absolute Gasteiger partial charge is 0.304 e. The normalized spacial score (nSPS) is 17.2.